The highest BCUT2D eigenvalue weighted by Gasteiger charge is 2.18. The third-order valence-electron chi connectivity index (χ3n) is 3.22. The van der Waals surface area contributed by atoms with Gasteiger partial charge in [-0.15, -0.1) is 0 Å². The summed E-state index contributed by atoms with van der Waals surface area (Å²) in [5, 5.41) is 23.3. The van der Waals surface area contributed by atoms with E-state index in [9.17, 15) is 19.6 Å². The van der Waals surface area contributed by atoms with E-state index in [1.807, 2.05) is 0 Å². The standard InChI is InChI=1S/C14H7Cl2FN4O3/c15-7-1-2-8(13(17)12(7)16)20-14-6-3-10(21(23)24)11(22)4-9(6)18-5-19-14/h1-5,22H,(H,18,19,20). The van der Waals surface area contributed by atoms with Gasteiger partial charge in [0.2, 0.25) is 0 Å². The predicted octanol–water partition coefficient (Wildman–Crippen LogP) is 4.43. The van der Waals surface area contributed by atoms with Crippen molar-refractivity contribution in [3.8, 4) is 5.75 Å². The lowest BCUT2D eigenvalue weighted by Gasteiger charge is -2.10. The summed E-state index contributed by atoms with van der Waals surface area (Å²) in [6, 6.07) is 4.98. The number of nitro benzene ring substituents is 1. The fourth-order valence-electron chi connectivity index (χ4n) is 2.08. The van der Waals surface area contributed by atoms with E-state index in [0.29, 0.717) is 0 Å². The summed E-state index contributed by atoms with van der Waals surface area (Å²) in [5.74, 6) is -1.21. The summed E-state index contributed by atoms with van der Waals surface area (Å²) >= 11 is 11.5. The van der Waals surface area contributed by atoms with Gasteiger partial charge >= 0.3 is 5.69 Å². The summed E-state index contributed by atoms with van der Waals surface area (Å²) in [4.78, 5) is 18.1. The number of hydrogen-bond acceptors (Lipinski definition) is 6. The molecule has 0 amide bonds. The first-order chi connectivity index (χ1) is 11.4. The maximum Gasteiger partial charge on any atom is 0.311 e. The second kappa shape index (κ2) is 6.06. The Kier molecular flexibility index (Phi) is 4.08. The summed E-state index contributed by atoms with van der Waals surface area (Å²) in [6.45, 7) is 0. The number of aromatic hydroxyl groups is 1. The zero-order chi connectivity index (χ0) is 17.4. The van der Waals surface area contributed by atoms with Crippen LogP contribution in [0.15, 0.2) is 30.6 Å². The van der Waals surface area contributed by atoms with E-state index >= 15 is 0 Å². The number of nitrogens with one attached hydrogen (secondary N) is 1. The molecule has 0 aliphatic carbocycles. The average molecular weight is 369 g/mol. The second-order valence-electron chi connectivity index (χ2n) is 4.69. The van der Waals surface area contributed by atoms with Crippen LogP contribution in [0.1, 0.15) is 0 Å². The Morgan fingerprint density at radius 1 is 1.25 bits per heavy atom. The van der Waals surface area contributed by atoms with Gasteiger partial charge < -0.3 is 10.4 Å². The lowest BCUT2D eigenvalue weighted by molar-refractivity contribution is -0.385. The molecule has 7 nitrogen and oxygen atoms in total. The predicted molar refractivity (Wildman–Crippen MR) is 87.6 cm³/mol. The molecule has 10 heteroatoms. The van der Waals surface area contributed by atoms with Crippen LogP contribution in [-0.2, 0) is 0 Å². The highest BCUT2D eigenvalue weighted by molar-refractivity contribution is 6.42. The molecular weight excluding hydrogens is 362 g/mol. The molecule has 0 atom stereocenters. The molecule has 0 bridgehead atoms. The van der Waals surface area contributed by atoms with Crippen LogP contribution in [0.2, 0.25) is 10.0 Å². The molecule has 0 aliphatic rings. The van der Waals surface area contributed by atoms with Crippen LogP contribution in [0.4, 0.5) is 21.6 Å². The van der Waals surface area contributed by atoms with Crippen LogP contribution in [0.25, 0.3) is 10.9 Å². The molecule has 24 heavy (non-hydrogen) atoms. The molecule has 0 saturated heterocycles. The van der Waals surface area contributed by atoms with E-state index in [2.05, 4.69) is 15.3 Å². The second-order valence-corrected chi connectivity index (χ2v) is 5.47. The molecule has 2 aromatic carbocycles. The van der Waals surface area contributed by atoms with Crippen molar-refractivity contribution in [2.45, 2.75) is 0 Å². The van der Waals surface area contributed by atoms with Crippen molar-refractivity contribution >= 4 is 51.3 Å². The largest absolute Gasteiger partial charge is 0.502 e. The van der Waals surface area contributed by atoms with Gasteiger partial charge in [-0.1, -0.05) is 23.2 Å². The number of nitro groups is 1. The van der Waals surface area contributed by atoms with Gasteiger partial charge in [0.15, 0.2) is 11.6 Å². The van der Waals surface area contributed by atoms with Crippen LogP contribution >= 0.6 is 23.2 Å². The monoisotopic (exact) mass is 368 g/mol. The molecule has 0 unspecified atom stereocenters. The fourth-order valence-corrected chi connectivity index (χ4v) is 2.39. The summed E-state index contributed by atoms with van der Waals surface area (Å²) in [5.41, 5.74) is -0.286. The topological polar surface area (TPSA) is 101 Å². The molecule has 0 aliphatic heterocycles. The van der Waals surface area contributed by atoms with Crippen LogP contribution < -0.4 is 5.32 Å². The van der Waals surface area contributed by atoms with Gasteiger partial charge in [0.25, 0.3) is 0 Å². The molecular formula is C14H7Cl2FN4O3. The Bertz CT molecular complexity index is 984. The zero-order valence-electron chi connectivity index (χ0n) is 11.6. The minimum atomic E-state index is -0.788. The van der Waals surface area contributed by atoms with Gasteiger partial charge in [0.05, 0.1) is 31.6 Å². The van der Waals surface area contributed by atoms with Crippen molar-refractivity contribution in [3.63, 3.8) is 0 Å². The molecule has 0 saturated carbocycles. The van der Waals surface area contributed by atoms with Crippen molar-refractivity contribution in [3.05, 3.63) is 56.6 Å². The molecule has 122 valence electrons. The highest BCUT2D eigenvalue weighted by Crippen LogP contribution is 2.35. The minimum absolute atomic E-state index is 0.0138. The number of fused-ring (bicyclic) bond motifs is 1. The Hall–Kier alpha value is -2.71. The number of halogens is 3. The zero-order valence-corrected chi connectivity index (χ0v) is 13.1. The number of phenols is 1. The lowest BCUT2D eigenvalue weighted by Crippen LogP contribution is -1.99. The molecule has 1 heterocycles. The first-order valence-electron chi connectivity index (χ1n) is 6.41. The SMILES string of the molecule is O=[N+]([O-])c1cc2c(Nc3ccc(Cl)c(Cl)c3F)ncnc2cc1O. The third kappa shape index (κ3) is 2.77. The Labute approximate surface area is 143 Å². The van der Waals surface area contributed by atoms with Crippen LogP contribution in [-0.4, -0.2) is 20.0 Å². The Morgan fingerprint density at radius 3 is 2.71 bits per heavy atom. The smallest absolute Gasteiger partial charge is 0.311 e. The van der Waals surface area contributed by atoms with E-state index in [-0.39, 0.29) is 32.5 Å². The molecule has 3 rings (SSSR count). The molecule has 0 fully saturated rings. The van der Waals surface area contributed by atoms with Crippen LogP contribution in [0.3, 0.4) is 0 Å². The van der Waals surface area contributed by atoms with Gasteiger partial charge in [-0.3, -0.25) is 10.1 Å². The summed E-state index contributed by atoms with van der Waals surface area (Å²) in [6.07, 6.45) is 1.17. The van der Waals surface area contributed by atoms with E-state index in [1.165, 1.54) is 18.5 Å². The molecule has 3 aromatic rings. The van der Waals surface area contributed by atoms with E-state index in [1.54, 1.807) is 0 Å². The maximum atomic E-state index is 14.1. The fraction of sp³-hybridized carbons (Fsp3) is 0. The number of nitrogens with zero attached hydrogens (tertiary/aromatic N) is 3. The minimum Gasteiger partial charge on any atom is -0.502 e. The van der Waals surface area contributed by atoms with Gasteiger partial charge in [-0.2, -0.15) is 0 Å². The average Bonchev–Trinajstić information content (AvgIpc) is 2.54. The van der Waals surface area contributed by atoms with Crippen LogP contribution in [0.5, 0.6) is 5.75 Å². The van der Waals surface area contributed by atoms with Gasteiger partial charge in [0.1, 0.15) is 12.1 Å². The first-order valence-corrected chi connectivity index (χ1v) is 7.16. The van der Waals surface area contributed by atoms with Crippen molar-refractivity contribution in [2.75, 3.05) is 5.32 Å². The third-order valence-corrected chi connectivity index (χ3v) is 4.00. The van der Waals surface area contributed by atoms with E-state index in [4.69, 9.17) is 23.2 Å². The van der Waals surface area contributed by atoms with Crippen molar-refractivity contribution in [1.29, 1.82) is 0 Å². The molecule has 0 spiro atoms. The normalized spacial score (nSPS) is 10.8. The summed E-state index contributed by atoms with van der Waals surface area (Å²) in [7, 11) is 0. The highest BCUT2D eigenvalue weighted by atomic mass is 35.5. The van der Waals surface area contributed by atoms with Crippen molar-refractivity contribution in [2.24, 2.45) is 0 Å². The van der Waals surface area contributed by atoms with Crippen LogP contribution in [0, 0.1) is 15.9 Å². The van der Waals surface area contributed by atoms with Crippen molar-refractivity contribution < 1.29 is 14.4 Å². The summed E-state index contributed by atoms with van der Waals surface area (Å²) < 4.78 is 14.1. The number of benzene rings is 2. The first kappa shape index (κ1) is 16.2. The Balaban J connectivity index is 2.15. The number of anilines is 2. The number of hydrogen-bond donors (Lipinski definition) is 2. The quantitative estimate of drug-likeness (QED) is 0.402. The van der Waals surface area contributed by atoms with Gasteiger partial charge in [0, 0.05) is 12.1 Å². The van der Waals surface area contributed by atoms with E-state index < -0.39 is 22.2 Å². The number of phenolic OH excluding ortho intramolecular Hbond substituents is 1. The lowest BCUT2D eigenvalue weighted by atomic mass is 10.2. The molecule has 2 N–H and O–H groups in total. The maximum absolute atomic E-state index is 14.1. The van der Waals surface area contributed by atoms with Gasteiger partial charge in [-0.05, 0) is 12.1 Å². The molecule has 1 aromatic heterocycles. The number of aromatic nitrogens is 2. The van der Waals surface area contributed by atoms with Crippen molar-refractivity contribution in [1.82, 2.24) is 9.97 Å². The van der Waals surface area contributed by atoms with Gasteiger partial charge in [-0.25, -0.2) is 14.4 Å². The molecule has 0 radical (unpaired) electrons. The number of rotatable bonds is 3. The Morgan fingerprint density at radius 2 is 2.00 bits per heavy atom. The van der Waals surface area contributed by atoms with E-state index in [0.717, 1.165) is 12.1 Å².